The molecule has 0 N–H and O–H groups in total. The summed E-state index contributed by atoms with van der Waals surface area (Å²) in [7, 11) is 0. The van der Waals surface area contributed by atoms with Gasteiger partial charge in [0.05, 0.1) is 5.69 Å². The van der Waals surface area contributed by atoms with Gasteiger partial charge >= 0.3 is 0 Å². The monoisotopic (exact) mass is 442 g/mol. The Kier molecular flexibility index (Phi) is 5.75. The van der Waals surface area contributed by atoms with Crippen LogP contribution in [0.4, 0.5) is 0 Å². The largest absolute Gasteiger partial charge is 0.335 e. The van der Waals surface area contributed by atoms with Gasteiger partial charge < -0.3 is 9.80 Å². The van der Waals surface area contributed by atoms with Crippen LogP contribution in [0.3, 0.4) is 0 Å². The fourth-order valence-corrected chi connectivity index (χ4v) is 4.85. The second-order valence-corrected chi connectivity index (χ2v) is 9.24. The van der Waals surface area contributed by atoms with Gasteiger partial charge in [0.15, 0.2) is 5.69 Å². The summed E-state index contributed by atoms with van der Waals surface area (Å²) in [6.45, 7) is 6.43. The Labute approximate surface area is 194 Å². The first-order valence-corrected chi connectivity index (χ1v) is 11.9. The quantitative estimate of drug-likeness (QED) is 0.612. The van der Waals surface area contributed by atoms with E-state index >= 15 is 0 Å². The molecule has 0 spiro atoms. The molecule has 6 heteroatoms. The van der Waals surface area contributed by atoms with Crippen LogP contribution < -0.4 is 0 Å². The molecule has 2 aliphatic rings. The van der Waals surface area contributed by atoms with Crippen LogP contribution >= 0.6 is 0 Å². The summed E-state index contributed by atoms with van der Waals surface area (Å²) >= 11 is 0. The van der Waals surface area contributed by atoms with Gasteiger partial charge in [-0.1, -0.05) is 44.2 Å². The van der Waals surface area contributed by atoms with Gasteiger partial charge in [-0.3, -0.25) is 9.59 Å². The standard InChI is InChI=1S/C27H30N4O2/c1-19(2)20-11-13-21(14-12-20)26(32)29-15-17-30(18-16-29)27(33)25-23-9-6-10-24(23)31(28-25)22-7-4-3-5-8-22/h3-5,7-8,11-14,19H,6,9-10,15-18H2,1-2H3. The molecule has 0 atom stereocenters. The highest BCUT2D eigenvalue weighted by Gasteiger charge is 2.32. The van der Waals surface area contributed by atoms with Gasteiger partial charge in [0.1, 0.15) is 0 Å². The van der Waals surface area contributed by atoms with E-state index in [0.29, 0.717) is 43.4 Å². The van der Waals surface area contributed by atoms with Crippen LogP contribution in [-0.4, -0.2) is 57.6 Å². The average molecular weight is 443 g/mol. The molecule has 2 heterocycles. The molecular formula is C27H30N4O2. The molecule has 1 aliphatic heterocycles. The zero-order chi connectivity index (χ0) is 22.9. The maximum atomic E-state index is 13.4. The minimum Gasteiger partial charge on any atom is -0.335 e. The summed E-state index contributed by atoms with van der Waals surface area (Å²) in [5.41, 5.74) is 5.75. The van der Waals surface area contributed by atoms with Crippen molar-refractivity contribution in [2.24, 2.45) is 0 Å². The number of amides is 2. The van der Waals surface area contributed by atoms with Crippen molar-refractivity contribution < 1.29 is 9.59 Å². The SMILES string of the molecule is CC(C)c1ccc(C(=O)N2CCN(C(=O)c3nn(-c4ccccc4)c4c3CCC4)CC2)cc1. The zero-order valence-corrected chi connectivity index (χ0v) is 19.3. The maximum absolute atomic E-state index is 13.4. The molecule has 2 aromatic carbocycles. The second-order valence-electron chi connectivity index (χ2n) is 9.24. The fourth-order valence-electron chi connectivity index (χ4n) is 4.85. The van der Waals surface area contributed by atoms with Gasteiger partial charge in [-0.2, -0.15) is 5.10 Å². The van der Waals surface area contributed by atoms with Crippen LogP contribution in [-0.2, 0) is 12.8 Å². The van der Waals surface area contributed by atoms with Gasteiger partial charge in [0.25, 0.3) is 11.8 Å². The van der Waals surface area contributed by atoms with E-state index in [9.17, 15) is 9.59 Å². The van der Waals surface area contributed by atoms with Gasteiger partial charge in [-0.15, -0.1) is 0 Å². The molecule has 170 valence electrons. The summed E-state index contributed by atoms with van der Waals surface area (Å²) < 4.78 is 1.94. The molecule has 0 unspecified atom stereocenters. The first-order valence-electron chi connectivity index (χ1n) is 11.9. The molecule has 1 saturated heterocycles. The summed E-state index contributed by atoms with van der Waals surface area (Å²) in [4.78, 5) is 30.0. The van der Waals surface area contributed by atoms with Crippen molar-refractivity contribution in [3.8, 4) is 5.69 Å². The minimum atomic E-state index is -0.0174. The predicted molar refractivity (Wildman–Crippen MR) is 128 cm³/mol. The molecule has 1 aliphatic carbocycles. The highest BCUT2D eigenvalue weighted by molar-refractivity contribution is 5.96. The van der Waals surface area contributed by atoms with Crippen LogP contribution in [0.25, 0.3) is 5.69 Å². The normalized spacial score (nSPS) is 15.7. The van der Waals surface area contributed by atoms with E-state index in [2.05, 4.69) is 13.8 Å². The van der Waals surface area contributed by atoms with Crippen molar-refractivity contribution >= 4 is 11.8 Å². The molecule has 33 heavy (non-hydrogen) atoms. The minimum absolute atomic E-state index is 0.0174. The first-order chi connectivity index (χ1) is 16.0. The molecule has 0 bridgehead atoms. The third-order valence-corrected chi connectivity index (χ3v) is 6.81. The van der Waals surface area contributed by atoms with Crippen molar-refractivity contribution in [1.29, 1.82) is 0 Å². The van der Waals surface area contributed by atoms with Crippen molar-refractivity contribution in [3.63, 3.8) is 0 Å². The number of benzene rings is 2. The number of carbonyl (C=O) groups excluding carboxylic acids is 2. The molecule has 0 radical (unpaired) electrons. The fraction of sp³-hybridized carbons (Fsp3) is 0.370. The Morgan fingerprint density at radius 1 is 0.818 bits per heavy atom. The third kappa shape index (κ3) is 4.06. The number of nitrogens with zero attached hydrogens (tertiary/aromatic N) is 4. The zero-order valence-electron chi connectivity index (χ0n) is 19.3. The van der Waals surface area contributed by atoms with Gasteiger partial charge in [-0.25, -0.2) is 4.68 Å². The smallest absolute Gasteiger partial charge is 0.274 e. The van der Waals surface area contributed by atoms with Crippen LogP contribution in [0.5, 0.6) is 0 Å². The molecular weight excluding hydrogens is 412 g/mol. The summed E-state index contributed by atoms with van der Waals surface area (Å²) in [5.74, 6) is 0.457. The van der Waals surface area contributed by atoms with Crippen molar-refractivity contribution in [2.75, 3.05) is 26.2 Å². The van der Waals surface area contributed by atoms with Crippen molar-refractivity contribution in [3.05, 3.63) is 82.7 Å². The lowest BCUT2D eigenvalue weighted by Gasteiger charge is -2.34. The Hall–Kier alpha value is -3.41. The van der Waals surface area contributed by atoms with Crippen LogP contribution in [0.2, 0.25) is 0 Å². The molecule has 6 nitrogen and oxygen atoms in total. The number of rotatable bonds is 4. The Balaban J connectivity index is 1.28. The number of fused-ring (bicyclic) bond motifs is 1. The van der Waals surface area contributed by atoms with Crippen molar-refractivity contribution in [1.82, 2.24) is 19.6 Å². The van der Waals surface area contributed by atoms with E-state index in [4.69, 9.17) is 5.10 Å². The Morgan fingerprint density at radius 3 is 2.09 bits per heavy atom. The third-order valence-electron chi connectivity index (χ3n) is 6.81. The van der Waals surface area contributed by atoms with Gasteiger partial charge in [-0.05, 0) is 55.0 Å². The number of piperazine rings is 1. The summed E-state index contributed by atoms with van der Waals surface area (Å²) in [6.07, 6.45) is 2.90. The summed E-state index contributed by atoms with van der Waals surface area (Å²) in [6, 6.07) is 17.9. The number of para-hydroxylation sites is 1. The Morgan fingerprint density at radius 2 is 1.45 bits per heavy atom. The lowest BCUT2D eigenvalue weighted by molar-refractivity contribution is 0.0531. The highest BCUT2D eigenvalue weighted by Crippen LogP contribution is 2.29. The topological polar surface area (TPSA) is 58.4 Å². The number of hydrogen-bond donors (Lipinski definition) is 0. The second kappa shape index (κ2) is 8.85. The van der Waals surface area contributed by atoms with Crippen LogP contribution in [0.15, 0.2) is 54.6 Å². The molecule has 5 rings (SSSR count). The van der Waals surface area contributed by atoms with Crippen LogP contribution in [0.1, 0.15) is 63.9 Å². The predicted octanol–water partition coefficient (Wildman–Crippen LogP) is 4.08. The lowest BCUT2D eigenvalue weighted by Crippen LogP contribution is -2.50. The number of hydrogen-bond acceptors (Lipinski definition) is 3. The van der Waals surface area contributed by atoms with Crippen LogP contribution in [0, 0.1) is 0 Å². The van der Waals surface area contributed by atoms with E-state index in [1.54, 1.807) is 0 Å². The molecule has 2 amide bonds. The van der Waals surface area contributed by atoms with E-state index < -0.39 is 0 Å². The Bertz CT molecular complexity index is 1160. The van der Waals surface area contributed by atoms with E-state index in [1.165, 1.54) is 5.56 Å². The maximum Gasteiger partial charge on any atom is 0.274 e. The van der Waals surface area contributed by atoms with E-state index in [1.807, 2.05) is 69.1 Å². The van der Waals surface area contributed by atoms with Gasteiger partial charge in [0.2, 0.25) is 0 Å². The molecule has 1 aromatic heterocycles. The average Bonchev–Trinajstić information content (AvgIpc) is 3.47. The van der Waals surface area contributed by atoms with Gasteiger partial charge in [0, 0.05) is 43.0 Å². The number of aromatic nitrogens is 2. The number of carbonyl (C=O) groups is 2. The van der Waals surface area contributed by atoms with E-state index in [0.717, 1.165) is 36.2 Å². The summed E-state index contributed by atoms with van der Waals surface area (Å²) in [5, 5.41) is 4.75. The molecule has 0 saturated carbocycles. The molecule has 1 fully saturated rings. The lowest BCUT2D eigenvalue weighted by atomic mass is 10.0. The highest BCUT2D eigenvalue weighted by atomic mass is 16.2. The molecule has 3 aromatic rings. The van der Waals surface area contributed by atoms with E-state index in [-0.39, 0.29) is 11.8 Å². The first kappa shape index (κ1) is 21.4. The van der Waals surface area contributed by atoms with Crippen molar-refractivity contribution in [2.45, 2.75) is 39.0 Å².